The molecule has 2 nitrogen and oxygen atoms in total. The van der Waals surface area contributed by atoms with Crippen LogP contribution in [-0.4, -0.2) is 25.7 Å². The van der Waals surface area contributed by atoms with Crippen LogP contribution in [0.5, 0.6) is 0 Å². The lowest BCUT2D eigenvalue weighted by atomic mass is 9.96. The molecule has 0 aromatic rings. The van der Waals surface area contributed by atoms with E-state index in [1.54, 1.807) is 0 Å². The summed E-state index contributed by atoms with van der Waals surface area (Å²) in [7, 11) is 0. The highest BCUT2D eigenvalue weighted by molar-refractivity contribution is 4.77. The van der Waals surface area contributed by atoms with Gasteiger partial charge in [-0.05, 0) is 24.8 Å². The minimum absolute atomic E-state index is 0.414. The first-order valence-corrected chi connectivity index (χ1v) is 5.02. The third-order valence-corrected chi connectivity index (χ3v) is 2.22. The minimum Gasteiger partial charge on any atom is -0.315 e. The number of rotatable bonds is 2. The number of hydrogen-bond acceptors (Lipinski definition) is 2. The summed E-state index contributed by atoms with van der Waals surface area (Å²) in [6.07, 6.45) is 2.66. The molecule has 1 aliphatic rings. The van der Waals surface area contributed by atoms with E-state index in [0.29, 0.717) is 11.5 Å². The Balaban J connectivity index is 2.13. The molecule has 12 heavy (non-hydrogen) atoms. The van der Waals surface area contributed by atoms with Crippen molar-refractivity contribution in [1.82, 2.24) is 10.6 Å². The Bertz CT molecular complexity index is 120. The Hall–Kier alpha value is -0.0800. The average molecular weight is 170 g/mol. The molecule has 0 aromatic heterocycles. The van der Waals surface area contributed by atoms with E-state index in [1.165, 1.54) is 19.4 Å². The van der Waals surface area contributed by atoms with E-state index in [9.17, 15) is 0 Å². The van der Waals surface area contributed by atoms with E-state index in [-0.39, 0.29) is 0 Å². The van der Waals surface area contributed by atoms with Gasteiger partial charge in [-0.15, -0.1) is 0 Å². The molecule has 2 heteroatoms. The van der Waals surface area contributed by atoms with E-state index in [4.69, 9.17) is 0 Å². The van der Waals surface area contributed by atoms with Crippen LogP contribution in [0.25, 0.3) is 0 Å². The van der Waals surface area contributed by atoms with Gasteiger partial charge in [-0.3, -0.25) is 0 Å². The van der Waals surface area contributed by atoms with Gasteiger partial charge in [0, 0.05) is 19.1 Å². The number of piperidine rings is 1. The summed E-state index contributed by atoms with van der Waals surface area (Å²) >= 11 is 0. The van der Waals surface area contributed by atoms with E-state index < -0.39 is 0 Å². The lowest BCUT2D eigenvalue weighted by molar-refractivity contribution is 0.316. The normalized spacial score (nSPS) is 25.8. The summed E-state index contributed by atoms with van der Waals surface area (Å²) in [5, 5.41) is 7.01. The van der Waals surface area contributed by atoms with E-state index in [1.807, 2.05) is 0 Å². The van der Waals surface area contributed by atoms with Crippen molar-refractivity contribution in [3.05, 3.63) is 0 Å². The molecule has 1 unspecified atom stereocenters. The molecule has 1 fully saturated rings. The third kappa shape index (κ3) is 4.07. The quantitative estimate of drug-likeness (QED) is 0.654. The molecule has 0 aromatic carbocycles. The van der Waals surface area contributed by atoms with Gasteiger partial charge in [0.05, 0.1) is 0 Å². The molecule has 1 saturated heterocycles. The predicted molar refractivity (Wildman–Crippen MR) is 53.3 cm³/mol. The molecule has 1 rings (SSSR count). The second-order valence-corrected chi connectivity index (χ2v) is 4.98. The zero-order chi connectivity index (χ0) is 9.03. The van der Waals surface area contributed by atoms with Gasteiger partial charge in [0.25, 0.3) is 0 Å². The molecule has 0 aliphatic carbocycles. The molecule has 72 valence electrons. The van der Waals surface area contributed by atoms with Gasteiger partial charge in [-0.2, -0.15) is 0 Å². The molecule has 0 saturated carbocycles. The summed E-state index contributed by atoms with van der Waals surface area (Å²) < 4.78 is 0. The molecule has 1 atom stereocenters. The monoisotopic (exact) mass is 170 g/mol. The second kappa shape index (κ2) is 4.24. The van der Waals surface area contributed by atoms with Crippen LogP contribution in [0.3, 0.4) is 0 Å². The van der Waals surface area contributed by atoms with Crippen molar-refractivity contribution in [2.24, 2.45) is 5.41 Å². The average Bonchev–Trinajstić information content (AvgIpc) is 2.02. The van der Waals surface area contributed by atoms with Gasteiger partial charge >= 0.3 is 0 Å². The Labute approximate surface area is 76.1 Å². The maximum Gasteiger partial charge on any atom is 0.0193 e. The second-order valence-electron chi connectivity index (χ2n) is 4.98. The van der Waals surface area contributed by atoms with Crippen LogP contribution in [0.15, 0.2) is 0 Å². The van der Waals surface area contributed by atoms with Gasteiger partial charge in [0.1, 0.15) is 0 Å². The molecule has 0 bridgehead atoms. The standard InChI is InChI=1S/C10H22N2/c1-10(2,3)8-12-9-5-4-6-11-7-9/h9,11-12H,4-8H2,1-3H3. The van der Waals surface area contributed by atoms with Crippen molar-refractivity contribution in [2.45, 2.75) is 39.7 Å². The van der Waals surface area contributed by atoms with Crippen LogP contribution in [0.4, 0.5) is 0 Å². The smallest absolute Gasteiger partial charge is 0.0193 e. The summed E-state index contributed by atoms with van der Waals surface area (Å²) in [6.45, 7) is 10.3. The van der Waals surface area contributed by atoms with Crippen LogP contribution in [0.1, 0.15) is 33.6 Å². The zero-order valence-corrected chi connectivity index (χ0v) is 8.61. The lowest BCUT2D eigenvalue weighted by Gasteiger charge is -2.28. The molecule has 0 radical (unpaired) electrons. The van der Waals surface area contributed by atoms with Crippen molar-refractivity contribution in [3.8, 4) is 0 Å². The Morgan fingerprint density at radius 2 is 2.17 bits per heavy atom. The highest BCUT2D eigenvalue weighted by Gasteiger charge is 2.15. The molecular weight excluding hydrogens is 148 g/mol. The Morgan fingerprint density at radius 3 is 2.67 bits per heavy atom. The van der Waals surface area contributed by atoms with E-state index in [0.717, 1.165) is 13.1 Å². The van der Waals surface area contributed by atoms with Crippen LogP contribution in [0, 0.1) is 5.41 Å². The highest BCUT2D eigenvalue weighted by Crippen LogP contribution is 2.12. The van der Waals surface area contributed by atoms with Gasteiger partial charge in [0.15, 0.2) is 0 Å². The first-order valence-electron chi connectivity index (χ1n) is 5.02. The SMILES string of the molecule is CC(C)(C)CNC1CCCNC1. The predicted octanol–water partition coefficient (Wildman–Crippen LogP) is 1.37. The van der Waals surface area contributed by atoms with Crippen LogP contribution >= 0.6 is 0 Å². The molecule has 1 aliphatic heterocycles. The maximum atomic E-state index is 3.60. The van der Waals surface area contributed by atoms with Gasteiger partial charge in [-0.1, -0.05) is 20.8 Å². The fourth-order valence-electron chi connectivity index (χ4n) is 1.48. The lowest BCUT2D eigenvalue weighted by Crippen LogP contribution is -2.45. The topological polar surface area (TPSA) is 24.1 Å². The van der Waals surface area contributed by atoms with Gasteiger partial charge in [0.2, 0.25) is 0 Å². The molecule has 0 amide bonds. The zero-order valence-electron chi connectivity index (χ0n) is 8.61. The van der Waals surface area contributed by atoms with Crippen molar-refractivity contribution in [3.63, 3.8) is 0 Å². The van der Waals surface area contributed by atoms with Gasteiger partial charge < -0.3 is 10.6 Å². The highest BCUT2D eigenvalue weighted by atomic mass is 15.0. The largest absolute Gasteiger partial charge is 0.315 e. The van der Waals surface area contributed by atoms with Crippen molar-refractivity contribution in [1.29, 1.82) is 0 Å². The van der Waals surface area contributed by atoms with Crippen LogP contribution in [0.2, 0.25) is 0 Å². The third-order valence-electron chi connectivity index (χ3n) is 2.22. The molecule has 1 heterocycles. The Morgan fingerprint density at radius 1 is 1.42 bits per heavy atom. The summed E-state index contributed by atoms with van der Waals surface area (Å²) in [4.78, 5) is 0. The maximum absolute atomic E-state index is 3.60. The molecule has 2 N–H and O–H groups in total. The van der Waals surface area contributed by atoms with Gasteiger partial charge in [-0.25, -0.2) is 0 Å². The van der Waals surface area contributed by atoms with Crippen LogP contribution < -0.4 is 10.6 Å². The van der Waals surface area contributed by atoms with Crippen molar-refractivity contribution in [2.75, 3.05) is 19.6 Å². The number of hydrogen-bond donors (Lipinski definition) is 2. The first-order chi connectivity index (χ1) is 5.58. The van der Waals surface area contributed by atoms with E-state index >= 15 is 0 Å². The Kier molecular flexibility index (Phi) is 3.53. The van der Waals surface area contributed by atoms with Crippen molar-refractivity contribution >= 4 is 0 Å². The minimum atomic E-state index is 0.414. The fourth-order valence-corrected chi connectivity index (χ4v) is 1.48. The summed E-state index contributed by atoms with van der Waals surface area (Å²) in [6, 6.07) is 0.706. The number of nitrogens with one attached hydrogen (secondary N) is 2. The first kappa shape index (κ1) is 10.0. The summed E-state index contributed by atoms with van der Waals surface area (Å²) in [5.74, 6) is 0. The molecular formula is C10H22N2. The molecule has 0 spiro atoms. The van der Waals surface area contributed by atoms with E-state index in [2.05, 4.69) is 31.4 Å². The van der Waals surface area contributed by atoms with Crippen molar-refractivity contribution < 1.29 is 0 Å². The fraction of sp³-hybridized carbons (Fsp3) is 1.00. The van der Waals surface area contributed by atoms with Crippen LogP contribution in [-0.2, 0) is 0 Å². The summed E-state index contributed by atoms with van der Waals surface area (Å²) in [5.41, 5.74) is 0.414.